The van der Waals surface area contributed by atoms with E-state index in [9.17, 15) is 5.11 Å². The van der Waals surface area contributed by atoms with Gasteiger partial charge in [-0.25, -0.2) is 0 Å². The Labute approximate surface area is 173 Å². The molecule has 0 amide bonds. The SMILES string of the molecule is COc1ccc(C2=Nc3ccccc3SC(c3ccc4c(c3)OCO4)C2)c(O)c1. The number of phenolic OH excluding ortho intramolecular Hbond substituents is 1. The Morgan fingerprint density at radius 3 is 2.76 bits per heavy atom. The molecule has 0 bridgehead atoms. The molecule has 0 saturated heterocycles. The predicted molar refractivity (Wildman–Crippen MR) is 113 cm³/mol. The molecule has 3 aromatic rings. The van der Waals surface area contributed by atoms with Crippen LogP contribution in [0.2, 0.25) is 0 Å². The van der Waals surface area contributed by atoms with E-state index in [1.165, 1.54) is 0 Å². The smallest absolute Gasteiger partial charge is 0.231 e. The minimum Gasteiger partial charge on any atom is -0.507 e. The second-order valence-corrected chi connectivity index (χ2v) is 8.08. The average Bonchev–Trinajstić information content (AvgIpc) is 3.12. The fourth-order valence-electron chi connectivity index (χ4n) is 3.56. The first kappa shape index (κ1) is 17.9. The van der Waals surface area contributed by atoms with Gasteiger partial charge in [-0.3, -0.25) is 4.99 Å². The molecule has 0 spiro atoms. The molecule has 2 aliphatic heterocycles. The van der Waals surface area contributed by atoms with Gasteiger partial charge in [-0.05, 0) is 42.0 Å². The number of aliphatic imine (C=N–C) groups is 1. The van der Waals surface area contributed by atoms with Crippen LogP contribution in [0.1, 0.15) is 22.8 Å². The van der Waals surface area contributed by atoms with E-state index >= 15 is 0 Å². The molecule has 1 unspecified atom stereocenters. The first-order valence-corrected chi connectivity index (χ1v) is 10.2. The number of methoxy groups -OCH3 is 1. The van der Waals surface area contributed by atoms with Gasteiger partial charge in [-0.1, -0.05) is 18.2 Å². The largest absolute Gasteiger partial charge is 0.507 e. The summed E-state index contributed by atoms with van der Waals surface area (Å²) in [4.78, 5) is 6.02. The highest BCUT2D eigenvalue weighted by Crippen LogP contribution is 2.47. The maximum absolute atomic E-state index is 10.6. The Morgan fingerprint density at radius 1 is 1.03 bits per heavy atom. The molecular weight excluding hydrogens is 386 g/mol. The summed E-state index contributed by atoms with van der Waals surface area (Å²) in [5.41, 5.74) is 3.60. The second-order valence-electron chi connectivity index (χ2n) is 6.83. The van der Waals surface area contributed by atoms with Gasteiger partial charge in [0.15, 0.2) is 11.5 Å². The minimum atomic E-state index is 0.119. The van der Waals surface area contributed by atoms with Crippen molar-refractivity contribution >= 4 is 23.2 Å². The summed E-state index contributed by atoms with van der Waals surface area (Å²) in [5.74, 6) is 2.32. The topological polar surface area (TPSA) is 60.3 Å². The normalized spacial score (nSPS) is 17.3. The van der Waals surface area contributed by atoms with Crippen molar-refractivity contribution in [3.8, 4) is 23.0 Å². The molecule has 2 aliphatic rings. The molecular formula is C23H19NO4S. The van der Waals surface area contributed by atoms with E-state index in [1.54, 1.807) is 24.9 Å². The van der Waals surface area contributed by atoms with E-state index in [0.717, 1.165) is 33.4 Å². The van der Waals surface area contributed by atoms with Crippen LogP contribution in [0.4, 0.5) is 5.69 Å². The number of phenols is 1. The van der Waals surface area contributed by atoms with E-state index in [2.05, 4.69) is 12.1 Å². The standard InChI is InChI=1S/C23H19NO4S/c1-26-15-7-8-16(19(25)11-15)18-12-23(29-22-5-3-2-4-17(22)24-18)14-6-9-20-21(10-14)28-13-27-20/h2-11,23,25H,12-13H2,1H3. The number of hydrogen-bond acceptors (Lipinski definition) is 6. The third-order valence-electron chi connectivity index (χ3n) is 5.05. The Kier molecular flexibility index (Phi) is 4.56. The number of fused-ring (bicyclic) bond motifs is 2. The van der Waals surface area contributed by atoms with Gasteiger partial charge in [0.05, 0.1) is 18.5 Å². The quantitative estimate of drug-likeness (QED) is 0.625. The van der Waals surface area contributed by atoms with Crippen LogP contribution in [0.15, 0.2) is 70.6 Å². The Hall–Kier alpha value is -3.12. The molecule has 3 aromatic carbocycles. The van der Waals surface area contributed by atoms with Crippen molar-refractivity contribution < 1.29 is 19.3 Å². The average molecular weight is 405 g/mol. The summed E-state index contributed by atoms with van der Waals surface area (Å²) in [7, 11) is 1.58. The van der Waals surface area contributed by atoms with E-state index in [4.69, 9.17) is 19.2 Å². The van der Waals surface area contributed by atoms with Crippen LogP contribution in [0.3, 0.4) is 0 Å². The van der Waals surface area contributed by atoms with Crippen LogP contribution in [0, 0.1) is 0 Å². The zero-order valence-corrected chi connectivity index (χ0v) is 16.6. The summed E-state index contributed by atoms with van der Waals surface area (Å²) < 4.78 is 16.2. The number of hydrogen-bond donors (Lipinski definition) is 1. The molecule has 1 atom stereocenters. The van der Waals surface area contributed by atoms with Crippen molar-refractivity contribution in [2.45, 2.75) is 16.6 Å². The molecule has 2 heterocycles. The van der Waals surface area contributed by atoms with Crippen LogP contribution in [-0.4, -0.2) is 24.7 Å². The third kappa shape index (κ3) is 3.40. The minimum absolute atomic E-state index is 0.119. The van der Waals surface area contributed by atoms with Gasteiger partial charge in [0.2, 0.25) is 6.79 Å². The van der Waals surface area contributed by atoms with E-state index in [1.807, 2.05) is 42.5 Å². The lowest BCUT2D eigenvalue weighted by molar-refractivity contribution is 0.174. The second kappa shape index (κ2) is 7.37. The van der Waals surface area contributed by atoms with Crippen molar-refractivity contribution in [1.82, 2.24) is 0 Å². The molecule has 146 valence electrons. The first-order chi connectivity index (χ1) is 14.2. The van der Waals surface area contributed by atoms with Crippen molar-refractivity contribution in [3.05, 3.63) is 71.8 Å². The highest BCUT2D eigenvalue weighted by molar-refractivity contribution is 7.99. The van der Waals surface area contributed by atoms with Gasteiger partial charge in [-0.15, -0.1) is 11.8 Å². The number of rotatable bonds is 3. The number of benzene rings is 3. The van der Waals surface area contributed by atoms with E-state index in [-0.39, 0.29) is 17.8 Å². The highest BCUT2D eigenvalue weighted by atomic mass is 32.2. The van der Waals surface area contributed by atoms with Crippen LogP contribution in [0.5, 0.6) is 23.0 Å². The maximum atomic E-state index is 10.6. The molecule has 0 aliphatic carbocycles. The summed E-state index contributed by atoms with van der Waals surface area (Å²) in [6, 6.07) is 19.5. The molecule has 1 N–H and O–H groups in total. The van der Waals surface area contributed by atoms with Crippen LogP contribution in [-0.2, 0) is 0 Å². The fraction of sp³-hybridized carbons (Fsp3) is 0.174. The Balaban J connectivity index is 1.58. The van der Waals surface area contributed by atoms with Crippen LogP contribution >= 0.6 is 11.8 Å². The molecule has 0 saturated carbocycles. The number of ether oxygens (including phenoxy) is 3. The molecule has 29 heavy (non-hydrogen) atoms. The summed E-state index contributed by atoms with van der Waals surface area (Å²) in [5, 5.41) is 10.7. The van der Waals surface area contributed by atoms with Crippen molar-refractivity contribution in [1.29, 1.82) is 0 Å². The summed E-state index contributed by atoms with van der Waals surface area (Å²) in [6.07, 6.45) is 0.666. The molecule has 5 rings (SSSR count). The summed E-state index contributed by atoms with van der Waals surface area (Å²) >= 11 is 1.77. The fourth-order valence-corrected chi connectivity index (χ4v) is 4.78. The number of nitrogens with zero attached hydrogens (tertiary/aromatic N) is 1. The Bertz CT molecular complexity index is 1110. The molecule has 0 aromatic heterocycles. The zero-order valence-electron chi connectivity index (χ0n) is 15.8. The highest BCUT2D eigenvalue weighted by Gasteiger charge is 2.25. The van der Waals surface area contributed by atoms with Crippen LogP contribution < -0.4 is 14.2 Å². The zero-order chi connectivity index (χ0) is 19.8. The predicted octanol–water partition coefficient (Wildman–Crippen LogP) is 5.49. The van der Waals surface area contributed by atoms with E-state index in [0.29, 0.717) is 17.7 Å². The van der Waals surface area contributed by atoms with Crippen LogP contribution in [0.25, 0.3) is 0 Å². The first-order valence-electron chi connectivity index (χ1n) is 9.31. The lowest BCUT2D eigenvalue weighted by atomic mass is 10.00. The van der Waals surface area contributed by atoms with Crippen molar-refractivity contribution in [3.63, 3.8) is 0 Å². The summed E-state index contributed by atoms with van der Waals surface area (Å²) in [6.45, 7) is 0.256. The molecule has 0 radical (unpaired) electrons. The lowest BCUT2D eigenvalue weighted by Crippen LogP contribution is -2.06. The maximum Gasteiger partial charge on any atom is 0.231 e. The van der Waals surface area contributed by atoms with Gasteiger partial charge in [0.1, 0.15) is 11.5 Å². The van der Waals surface area contributed by atoms with Gasteiger partial charge in [0, 0.05) is 28.2 Å². The van der Waals surface area contributed by atoms with Gasteiger partial charge in [-0.2, -0.15) is 0 Å². The van der Waals surface area contributed by atoms with Gasteiger partial charge in [0.25, 0.3) is 0 Å². The van der Waals surface area contributed by atoms with Crippen molar-refractivity contribution in [2.75, 3.05) is 13.9 Å². The number of para-hydroxylation sites is 1. The number of thioether (sulfide) groups is 1. The van der Waals surface area contributed by atoms with Gasteiger partial charge >= 0.3 is 0 Å². The Morgan fingerprint density at radius 2 is 1.90 bits per heavy atom. The van der Waals surface area contributed by atoms with Gasteiger partial charge < -0.3 is 19.3 Å². The molecule has 6 heteroatoms. The van der Waals surface area contributed by atoms with Crippen molar-refractivity contribution in [2.24, 2.45) is 4.99 Å². The third-order valence-corrected chi connectivity index (χ3v) is 6.38. The molecule has 5 nitrogen and oxygen atoms in total. The lowest BCUT2D eigenvalue weighted by Gasteiger charge is -2.17. The molecule has 0 fully saturated rings. The number of aromatic hydroxyl groups is 1. The monoisotopic (exact) mass is 405 g/mol. The van der Waals surface area contributed by atoms with E-state index < -0.39 is 0 Å².